The number of sulfone groups is 1. The molecule has 2 rings (SSSR count). The van der Waals surface area contributed by atoms with Gasteiger partial charge in [0.2, 0.25) is 0 Å². The molecule has 4 nitrogen and oxygen atoms in total. The minimum atomic E-state index is -3.27. The molecule has 110 valence electrons. The minimum absolute atomic E-state index is 0.0302. The quantitative estimate of drug-likeness (QED) is 0.875. The topological polar surface area (TPSA) is 54.9 Å². The van der Waals surface area contributed by atoms with Crippen LogP contribution in [0.15, 0.2) is 12.1 Å². The first-order valence-corrected chi connectivity index (χ1v) is 8.48. The Hall–Kier alpha value is -0.920. The third-order valence-electron chi connectivity index (χ3n) is 3.36. The Labute approximate surface area is 126 Å². The lowest BCUT2D eigenvalue weighted by atomic mass is 10.2. The smallest absolute Gasteiger partial charge is 0.178 e. The molecule has 0 aliphatic heterocycles. The summed E-state index contributed by atoms with van der Waals surface area (Å²) in [5, 5.41) is -0.0302. The van der Waals surface area contributed by atoms with Crippen LogP contribution in [0.1, 0.15) is 13.8 Å². The molecule has 1 N–H and O–H groups in total. The van der Waals surface area contributed by atoms with E-state index in [-0.39, 0.29) is 11.6 Å². The van der Waals surface area contributed by atoms with Crippen molar-refractivity contribution in [1.29, 1.82) is 0 Å². The first kappa shape index (κ1) is 15.5. The van der Waals surface area contributed by atoms with Crippen molar-refractivity contribution in [3.05, 3.63) is 27.7 Å². The van der Waals surface area contributed by atoms with Gasteiger partial charge in [-0.2, -0.15) is 0 Å². The molecule has 1 aromatic carbocycles. The number of hydrogen-bond acceptors (Lipinski definition) is 3. The van der Waals surface area contributed by atoms with E-state index in [1.165, 1.54) is 18.4 Å². The number of aromatic nitrogens is 2. The fourth-order valence-electron chi connectivity index (χ4n) is 1.81. The summed E-state index contributed by atoms with van der Waals surface area (Å²) in [5.41, 5.74) is 1.07. The third-order valence-corrected chi connectivity index (χ3v) is 6.11. The Morgan fingerprint density at radius 2 is 2.05 bits per heavy atom. The lowest BCUT2D eigenvalue weighted by molar-refractivity contribution is 0.506. The summed E-state index contributed by atoms with van der Waals surface area (Å²) < 4.78 is 38.0. The first-order valence-electron chi connectivity index (χ1n) is 5.80. The molecule has 8 heteroatoms. The van der Waals surface area contributed by atoms with Gasteiger partial charge in [-0.1, -0.05) is 11.6 Å². The standard InChI is InChI=1S/C12H14ClFN2O2S2/c1-12(2,20(3,17)18)6-16-10-4-7(13)8(14)5-9(10)15-11(16)19/h4-5H,6H2,1-3H3,(H,15,19). The highest BCUT2D eigenvalue weighted by Gasteiger charge is 2.31. The number of fused-ring (bicyclic) bond motifs is 1. The lowest BCUT2D eigenvalue weighted by Crippen LogP contribution is -2.35. The summed E-state index contributed by atoms with van der Waals surface area (Å²) in [7, 11) is -3.27. The van der Waals surface area contributed by atoms with Crippen LogP contribution in [0.2, 0.25) is 5.02 Å². The van der Waals surface area contributed by atoms with Crippen LogP contribution in [0.3, 0.4) is 0 Å². The van der Waals surface area contributed by atoms with Gasteiger partial charge >= 0.3 is 0 Å². The maximum atomic E-state index is 13.4. The van der Waals surface area contributed by atoms with E-state index in [0.29, 0.717) is 15.8 Å². The zero-order chi connectivity index (χ0) is 15.3. The molecule has 0 saturated carbocycles. The highest BCUT2D eigenvalue weighted by molar-refractivity contribution is 7.92. The fourth-order valence-corrected chi connectivity index (χ4v) is 2.60. The molecule has 0 aliphatic rings. The van der Waals surface area contributed by atoms with Crippen molar-refractivity contribution in [3.63, 3.8) is 0 Å². The minimum Gasteiger partial charge on any atom is -0.330 e. The molecule has 0 aliphatic carbocycles. The normalized spacial score (nSPS) is 13.1. The van der Waals surface area contributed by atoms with Crippen LogP contribution in [0, 0.1) is 10.6 Å². The van der Waals surface area contributed by atoms with Crippen LogP contribution in [-0.4, -0.2) is 29.0 Å². The number of halogens is 2. The van der Waals surface area contributed by atoms with Crippen molar-refractivity contribution in [2.75, 3.05) is 6.26 Å². The summed E-state index contributed by atoms with van der Waals surface area (Å²) in [5.74, 6) is -0.551. The van der Waals surface area contributed by atoms with Crippen molar-refractivity contribution >= 4 is 44.7 Å². The molecule has 1 aromatic heterocycles. The summed E-state index contributed by atoms with van der Waals surface area (Å²) in [6.07, 6.45) is 1.18. The Morgan fingerprint density at radius 1 is 1.45 bits per heavy atom. The number of nitrogens with one attached hydrogen (secondary N) is 1. The Morgan fingerprint density at radius 3 is 2.60 bits per heavy atom. The van der Waals surface area contributed by atoms with Gasteiger partial charge in [0, 0.05) is 18.9 Å². The van der Waals surface area contributed by atoms with Gasteiger partial charge in [0.05, 0.1) is 20.8 Å². The molecule has 0 unspecified atom stereocenters. The second-order valence-corrected chi connectivity index (χ2v) is 8.78. The fraction of sp³-hybridized carbons (Fsp3) is 0.417. The number of imidazole rings is 1. The van der Waals surface area contributed by atoms with E-state index >= 15 is 0 Å². The molecular formula is C12H14ClFN2O2S2. The third kappa shape index (κ3) is 2.62. The van der Waals surface area contributed by atoms with Crippen LogP contribution in [0.4, 0.5) is 4.39 Å². The van der Waals surface area contributed by atoms with Crippen molar-refractivity contribution in [2.24, 2.45) is 0 Å². The highest BCUT2D eigenvalue weighted by atomic mass is 35.5. The van der Waals surface area contributed by atoms with E-state index < -0.39 is 20.4 Å². The van der Waals surface area contributed by atoms with Crippen LogP contribution in [0.5, 0.6) is 0 Å². The van der Waals surface area contributed by atoms with Gasteiger partial charge in [-0.3, -0.25) is 0 Å². The SMILES string of the molecule is CC(C)(Cn1c(=S)[nH]c2cc(F)c(Cl)cc21)S(C)(=O)=O. The largest absolute Gasteiger partial charge is 0.330 e. The average molecular weight is 337 g/mol. The molecule has 2 aromatic rings. The van der Waals surface area contributed by atoms with Crippen LogP contribution in [0.25, 0.3) is 11.0 Å². The van der Waals surface area contributed by atoms with E-state index in [9.17, 15) is 12.8 Å². The highest BCUT2D eigenvalue weighted by Crippen LogP contribution is 2.26. The Balaban J connectivity index is 2.64. The molecule has 20 heavy (non-hydrogen) atoms. The summed E-state index contributed by atoms with van der Waals surface area (Å²) in [6.45, 7) is 3.40. The van der Waals surface area contributed by atoms with Crippen LogP contribution < -0.4 is 0 Å². The Bertz CT molecular complexity index is 837. The zero-order valence-electron chi connectivity index (χ0n) is 11.2. The van der Waals surface area contributed by atoms with Crippen LogP contribution >= 0.6 is 23.8 Å². The summed E-state index contributed by atoms with van der Waals surface area (Å²) in [6, 6.07) is 2.69. The molecule has 0 spiro atoms. The van der Waals surface area contributed by atoms with Gasteiger partial charge in [0.15, 0.2) is 14.6 Å². The molecule has 1 heterocycles. The second-order valence-electron chi connectivity index (χ2n) is 5.33. The molecule has 0 atom stereocenters. The van der Waals surface area contributed by atoms with E-state index in [4.69, 9.17) is 23.8 Å². The molecule has 0 radical (unpaired) electrons. The van der Waals surface area contributed by atoms with Crippen molar-refractivity contribution in [1.82, 2.24) is 9.55 Å². The summed E-state index contributed by atoms with van der Waals surface area (Å²) >= 11 is 11.0. The van der Waals surface area contributed by atoms with E-state index in [1.54, 1.807) is 18.4 Å². The maximum absolute atomic E-state index is 13.4. The summed E-state index contributed by atoms with van der Waals surface area (Å²) in [4.78, 5) is 2.85. The number of hydrogen-bond donors (Lipinski definition) is 1. The van der Waals surface area contributed by atoms with E-state index in [2.05, 4.69) is 4.98 Å². The number of aromatic amines is 1. The monoisotopic (exact) mass is 336 g/mol. The number of benzene rings is 1. The number of H-pyrrole nitrogens is 1. The Kier molecular flexibility index (Phi) is 3.73. The molecule has 0 saturated heterocycles. The maximum Gasteiger partial charge on any atom is 0.178 e. The van der Waals surface area contributed by atoms with Crippen molar-refractivity contribution < 1.29 is 12.8 Å². The van der Waals surface area contributed by atoms with Gasteiger partial charge < -0.3 is 9.55 Å². The van der Waals surface area contributed by atoms with Gasteiger partial charge in [-0.25, -0.2) is 12.8 Å². The van der Waals surface area contributed by atoms with Gasteiger partial charge in [0.25, 0.3) is 0 Å². The second kappa shape index (κ2) is 4.82. The number of nitrogens with zero attached hydrogens (tertiary/aromatic N) is 1. The van der Waals surface area contributed by atoms with Crippen molar-refractivity contribution in [3.8, 4) is 0 Å². The lowest BCUT2D eigenvalue weighted by Gasteiger charge is -2.23. The average Bonchev–Trinajstić information content (AvgIpc) is 2.55. The van der Waals surface area contributed by atoms with E-state index in [1.807, 2.05) is 0 Å². The van der Waals surface area contributed by atoms with E-state index in [0.717, 1.165) is 0 Å². The zero-order valence-corrected chi connectivity index (χ0v) is 13.6. The molecular weight excluding hydrogens is 323 g/mol. The van der Waals surface area contributed by atoms with Gasteiger partial charge in [-0.15, -0.1) is 0 Å². The number of rotatable bonds is 3. The molecule has 0 bridgehead atoms. The molecule has 0 amide bonds. The van der Waals surface area contributed by atoms with Crippen molar-refractivity contribution in [2.45, 2.75) is 25.1 Å². The predicted octanol–water partition coefficient (Wildman–Crippen LogP) is 3.31. The van der Waals surface area contributed by atoms with Gasteiger partial charge in [0.1, 0.15) is 5.82 Å². The molecule has 0 fully saturated rings. The predicted molar refractivity (Wildman–Crippen MR) is 81.0 cm³/mol. The van der Waals surface area contributed by atoms with Crippen LogP contribution in [-0.2, 0) is 16.4 Å². The van der Waals surface area contributed by atoms with Gasteiger partial charge in [-0.05, 0) is 32.1 Å². The first-order chi connectivity index (χ1) is 9.03.